The Morgan fingerprint density at radius 3 is 2.62 bits per heavy atom. The fourth-order valence-electron chi connectivity index (χ4n) is 3.49. The summed E-state index contributed by atoms with van der Waals surface area (Å²) in [5.74, 6) is -1.05. The van der Waals surface area contributed by atoms with Crippen LogP contribution in [-0.4, -0.2) is 54.4 Å². The van der Waals surface area contributed by atoms with Gasteiger partial charge in [-0.1, -0.05) is 19.8 Å². The smallest absolute Gasteiger partial charge is 0.317 e. The number of urea groups is 1. The number of nitrogens with one attached hydrogen (secondary N) is 1. The number of rotatable bonds is 3. The third-order valence-electron chi connectivity index (χ3n) is 4.61. The van der Waals surface area contributed by atoms with E-state index in [2.05, 4.69) is 5.32 Å². The van der Waals surface area contributed by atoms with E-state index in [1.54, 1.807) is 12.0 Å². The van der Waals surface area contributed by atoms with Crippen molar-refractivity contribution in [3.63, 3.8) is 0 Å². The summed E-state index contributed by atoms with van der Waals surface area (Å²) in [4.78, 5) is 25.2. The minimum Gasteiger partial charge on any atom is -0.481 e. The molecule has 2 rings (SSSR count). The molecule has 1 saturated carbocycles. The number of ether oxygens (including phenoxy) is 1. The lowest BCUT2D eigenvalue weighted by Gasteiger charge is -2.37. The maximum Gasteiger partial charge on any atom is 0.317 e. The van der Waals surface area contributed by atoms with Crippen molar-refractivity contribution in [1.82, 2.24) is 10.2 Å². The maximum absolute atomic E-state index is 12.4. The molecule has 1 aliphatic heterocycles. The van der Waals surface area contributed by atoms with Crippen molar-refractivity contribution < 1.29 is 19.4 Å². The first-order valence-electron chi connectivity index (χ1n) is 7.82. The molecule has 2 N–H and O–H groups in total. The number of hydrogen-bond donors (Lipinski definition) is 2. The van der Waals surface area contributed by atoms with Gasteiger partial charge in [-0.25, -0.2) is 4.79 Å². The number of carbonyl (C=O) groups is 2. The molecule has 21 heavy (non-hydrogen) atoms. The molecule has 0 radical (unpaired) electrons. The molecule has 6 nitrogen and oxygen atoms in total. The number of amides is 2. The van der Waals surface area contributed by atoms with Crippen LogP contribution in [0.25, 0.3) is 0 Å². The fraction of sp³-hybridized carbons (Fsp3) is 0.867. The monoisotopic (exact) mass is 298 g/mol. The van der Waals surface area contributed by atoms with Crippen LogP contribution >= 0.6 is 0 Å². The summed E-state index contributed by atoms with van der Waals surface area (Å²) < 4.78 is 5.45. The van der Waals surface area contributed by atoms with E-state index < -0.39 is 11.9 Å². The normalized spacial score (nSPS) is 33.5. The molecule has 0 spiro atoms. The Labute approximate surface area is 125 Å². The van der Waals surface area contributed by atoms with E-state index in [1.807, 2.05) is 6.92 Å². The molecule has 0 aromatic heterocycles. The Bertz CT molecular complexity index is 388. The quantitative estimate of drug-likeness (QED) is 0.831. The van der Waals surface area contributed by atoms with Crippen LogP contribution in [0.2, 0.25) is 0 Å². The highest BCUT2D eigenvalue weighted by Crippen LogP contribution is 2.24. The number of piperidine rings is 1. The van der Waals surface area contributed by atoms with Gasteiger partial charge in [0.15, 0.2) is 0 Å². The second-order valence-corrected chi connectivity index (χ2v) is 6.40. The van der Waals surface area contributed by atoms with Crippen molar-refractivity contribution >= 4 is 12.0 Å². The average molecular weight is 298 g/mol. The minimum absolute atomic E-state index is 0.0387. The summed E-state index contributed by atoms with van der Waals surface area (Å²) in [6.07, 6.45) is 4.83. The Morgan fingerprint density at radius 2 is 1.95 bits per heavy atom. The summed E-state index contributed by atoms with van der Waals surface area (Å²) in [7, 11) is 1.68. The van der Waals surface area contributed by atoms with Gasteiger partial charge in [0.05, 0.1) is 18.1 Å². The molecule has 0 aromatic carbocycles. The molecule has 0 bridgehead atoms. The summed E-state index contributed by atoms with van der Waals surface area (Å²) >= 11 is 0. The second kappa shape index (κ2) is 7.11. The van der Waals surface area contributed by atoms with Gasteiger partial charge in [0.1, 0.15) is 0 Å². The van der Waals surface area contributed by atoms with Crippen molar-refractivity contribution in [2.24, 2.45) is 11.8 Å². The zero-order valence-corrected chi connectivity index (χ0v) is 12.9. The number of hydrogen-bond acceptors (Lipinski definition) is 3. The van der Waals surface area contributed by atoms with Gasteiger partial charge in [0, 0.05) is 20.2 Å². The number of carbonyl (C=O) groups excluding carboxylic acids is 1. The van der Waals surface area contributed by atoms with Crippen LogP contribution in [0.3, 0.4) is 0 Å². The van der Waals surface area contributed by atoms with Gasteiger partial charge in [-0.05, 0) is 25.2 Å². The first-order valence-corrected chi connectivity index (χ1v) is 7.82. The minimum atomic E-state index is -0.813. The van der Waals surface area contributed by atoms with Gasteiger partial charge in [0.25, 0.3) is 0 Å². The first-order chi connectivity index (χ1) is 10.0. The molecule has 2 fully saturated rings. The summed E-state index contributed by atoms with van der Waals surface area (Å²) in [5.41, 5.74) is 0. The molecule has 1 aliphatic carbocycles. The molecule has 2 aliphatic rings. The van der Waals surface area contributed by atoms with Gasteiger partial charge >= 0.3 is 12.0 Å². The molecule has 4 atom stereocenters. The van der Waals surface area contributed by atoms with E-state index in [1.165, 1.54) is 0 Å². The fourth-order valence-corrected chi connectivity index (χ4v) is 3.49. The topological polar surface area (TPSA) is 78.9 Å². The first kappa shape index (κ1) is 16.1. The molecule has 1 saturated heterocycles. The number of carboxylic acids is 1. The van der Waals surface area contributed by atoms with Crippen molar-refractivity contribution in [3.05, 3.63) is 0 Å². The van der Waals surface area contributed by atoms with E-state index in [4.69, 9.17) is 4.74 Å². The van der Waals surface area contributed by atoms with E-state index in [0.717, 1.165) is 25.7 Å². The number of aliphatic carboxylic acids is 1. The lowest BCUT2D eigenvalue weighted by Crippen LogP contribution is -2.54. The third-order valence-corrected chi connectivity index (χ3v) is 4.61. The Morgan fingerprint density at radius 1 is 1.24 bits per heavy atom. The highest BCUT2D eigenvalue weighted by atomic mass is 16.5. The lowest BCUT2D eigenvalue weighted by molar-refractivity contribution is -0.143. The van der Waals surface area contributed by atoms with Crippen LogP contribution in [-0.2, 0) is 9.53 Å². The number of methoxy groups -OCH3 is 1. The zero-order chi connectivity index (χ0) is 15.4. The molecular formula is C15H26N2O4. The molecule has 6 heteroatoms. The van der Waals surface area contributed by atoms with Crippen LogP contribution in [0.4, 0.5) is 4.79 Å². The second-order valence-electron chi connectivity index (χ2n) is 6.40. The lowest BCUT2D eigenvalue weighted by atomic mass is 9.90. The van der Waals surface area contributed by atoms with Gasteiger partial charge in [0.2, 0.25) is 0 Å². The van der Waals surface area contributed by atoms with Gasteiger partial charge in [-0.2, -0.15) is 0 Å². The van der Waals surface area contributed by atoms with Gasteiger partial charge in [-0.3, -0.25) is 4.79 Å². The third kappa shape index (κ3) is 4.09. The van der Waals surface area contributed by atoms with Crippen molar-refractivity contribution in [2.45, 2.75) is 51.2 Å². The molecule has 0 aromatic rings. The molecule has 2 unspecified atom stereocenters. The van der Waals surface area contributed by atoms with Crippen molar-refractivity contribution in [1.29, 1.82) is 0 Å². The van der Waals surface area contributed by atoms with E-state index >= 15 is 0 Å². The van der Waals surface area contributed by atoms with Crippen LogP contribution < -0.4 is 5.32 Å². The highest BCUT2D eigenvalue weighted by Gasteiger charge is 2.34. The van der Waals surface area contributed by atoms with Crippen LogP contribution in [0.15, 0.2) is 0 Å². The Kier molecular flexibility index (Phi) is 5.45. The molecule has 2 amide bonds. The standard InChI is InChI=1S/C15H26N2O4/c1-10-7-11(14(18)19)9-17(8-10)15(20)16-12-5-3-4-6-13(12)21-2/h10-13H,3-9H2,1-2H3,(H,16,20)(H,18,19)/t10?,11?,12-,13-/m1/s1. The predicted molar refractivity (Wildman–Crippen MR) is 78.1 cm³/mol. The largest absolute Gasteiger partial charge is 0.481 e. The molecule has 120 valence electrons. The number of likely N-dealkylation sites (tertiary alicyclic amines) is 1. The van der Waals surface area contributed by atoms with E-state index in [0.29, 0.717) is 19.5 Å². The van der Waals surface area contributed by atoms with Gasteiger partial charge < -0.3 is 20.1 Å². The van der Waals surface area contributed by atoms with Crippen LogP contribution in [0, 0.1) is 11.8 Å². The van der Waals surface area contributed by atoms with Crippen LogP contribution in [0.1, 0.15) is 39.0 Å². The predicted octanol–water partition coefficient (Wildman–Crippen LogP) is 1.70. The van der Waals surface area contributed by atoms with Crippen LogP contribution in [0.5, 0.6) is 0 Å². The number of nitrogens with zero attached hydrogens (tertiary/aromatic N) is 1. The Hall–Kier alpha value is -1.30. The van der Waals surface area contributed by atoms with E-state index in [9.17, 15) is 14.7 Å². The number of carboxylic acid groups (broad SMARTS) is 1. The maximum atomic E-state index is 12.4. The van der Waals surface area contributed by atoms with Crippen molar-refractivity contribution in [2.75, 3.05) is 20.2 Å². The highest BCUT2D eigenvalue weighted by molar-refractivity contribution is 5.77. The summed E-state index contributed by atoms with van der Waals surface area (Å²) in [6, 6.07) is -0.112. The van der Waals surface area contributed by atoms with Gasteiger partial charge in [-0.15, -0.1) is 0 Å². The SMILES string of the molecule is CO[C@@H]1CCCC[C@H]1NC(=O)N1CC(C)CC(C(=O)O)C1. The van der Waals surface area contributed by atoms with E-state index in [-0.39, 0.29) is 24.1 Å². The zero-order valence-electron chi connectivity index (χ0n) is 12.9. The average Bonchev–Trinajstić information content (AvgIpc) is 2.47. The Balaban J connectivity index is 1.93. The van der Waals surface area contributed by atoms with Crippen molar-refractivity contribution in [3.8, 4) is 0 Å². The summed E-state index contributed by atoms with van der Waals surface area (Å²) in [5, 5.41) is 12.2. The summed E-state index contributed by atoms with van der Waals surface area (Å²) in [6.45, 7) is 2.92. The molecule has 1 heterocycles. The molecular weight excluding hydrogens is 272 g/mol.